The Labute approximate surface area is 160 Å². The monoisotopic (exact) mass is 370 g/mol. The van der Waals surface area contributed by atoms with Crippen LogP contribution in [0.2, 0.25) is 0 Å². The van der Waals surface area contributed by atoms with E-state index in [2.05, 4.69) is 12.2 Å². The lowest BCUT2D eigenvalue weighted by Gasteiger charge is -2.23. The molecule has 1 heterocycles. The van der Waals surface area contributed by atoms with Crippen molar-refractivity contribution in [1.29, 1.82) is 0 Å². The van der Waals surface area contributed by atoms with Crippen molar-refractivity contribution in [2.45, 2.75) is 45.4 Å². The summed E-state index contributed by atoms with van der Waals surface area (Å²) >= 11 is 0. The van der Waals surface area contributed by atoms with E-state index in [0.717, 1.165) is 42.9 Å². The normalized spacial score (nSPS) is 11.5. The summed E-state index contributed by atoms with van der Waals surface area (Å²) in [7, 11) is 0. The predicted octanol–water partition coefficient (Wildman–Crippen LogP) is 5.98. The minimum atomic E-state index is -0.312. The van der Waals surface area contributed by atoms with Crippen molar-refractivity contribution in [3.8, 4) is 11.5 Å². The molecule has 1 aliphatic rings. The quantitative estimate of drug-likeness (QED) is 0.352. The van der Waals surface area contributed by atoms with Crippen molar-refractivity contribution in [3.05, 3.63) is 53.8 Å². The summed E-state index contributed by atoms with van der Waals surface area (Å²) in [5.41, 5.74) is 1.77. The molecule has 2 aromatic rings. The van der Waals surface area contributed by atoms with Crippen molar-refractivity contribution in [3.63, 3.8) is 0 Å². The number of hydrogen-bond acceptors (Lipinski definition) is 2. The van der Waals surface area contributed by atoms with Gasteiger partial charge < -0.3 is 15.0 Å². The third kappa shape index (κ3) is 5.98. The van der Waals surface area contributed by atoms with Gasteiger partial charge in [0.2, 0.25) is 0 Å². The van der Waals surface area contributed by atoms with Crippen LogP contribution in [-0.2, 0) is 6.42 Å². The number of unbranched alkanes of at least 4 members (excludes halogenated alkanes) is 4. The topological polar surface area (TPSA) is 44.9 Å². The zero-order valence-electron chi connectivity index (χ0n) is 15.8. The average Bonchev–Trinajstić information content (AvgIpc) is 3.44. The van der Waals surface area contributed by atoms with Crippen LogP contribution in [0.4, 0.5) is 14.9 Å². The number of amides is 2. The van der Waals surface area contributed by atoms with Crippen LogP contribution < -0.4 is 10.1 Å². The second-order valence-electron chi connectivity index (χ2n) is 6.97. The number of hydrogen-bond donors (Lipinski definition) is 1. The first kappa shape index (κ1) is 19.2. The summed E-state index contributed by atoms with van der Waals surface area (Å²) in [6.45, 7) is 3.55. The van der Waals surface area contributed by atoms with Gasteiger partial charge in [-0.2, -0.15) is 0 Å². The minimum Gasteiger partial charge on any atom is -0.450 e. The second-order valence-corrected chi connectivity index (χ2v) is 6.97. The molecule has 3 rings (SSSR count). The molecular formula is C22H27FN2O2. The van der Waals surface area contributed by atoms with Gasteiger partial charge in [0, 0.05) is 18.8 Å². The van der Waals surface area contributed by atoms with Gasteiger partial charge in [-0.3, -0.25) is 0 Å². The summed E-state index contributed by atoms with van der Waals surface area (Å²) in [6, 6.07) is 11.8. The molecule has 2 aromatic carbocycles. The van der Waals surface area contributed by atoms with E-state index in [4.69, 9.17) is 4.74 Å². The fourth-order valence-corrected chi connectivity index (χ4v) is 3.09. The second kappa shape index (κ2) is 9.40. The molecule has 5 heteroatoms. The molecule has 2 amide bonds. The number of ether oxygens (including phenoxy) is 1. The molecule has 0 saturated heterocycles. The summed E-state index contributed by atoms with van der Waals surface area (Å²) in [5.74, 6) is 1.57. The Hall–Kier alpha value is -2.56. The summed E-state index contributed by atoms with van der Waals surface area (Å²) in [6.07, 6.45) is 6.53. The SMILES string of the molecule is CCCCCCCN(CCc1ccc2c(c1)O2)C(=O)Nc1ccc(F)cc1. The van der Waals surface area contributed by atoms with Gasteiger partial charge in [0.05, 0.1) is 0 Å². The van der Waals surface area contributed by atoms with Crippen LogP contribution in [0.1, 0.15) is 44.6 Å². The van der Waals surface area contributed by atoms with Gasteiger partial charge >= 0.3 is 6.03 Å². The highest BCUT2D eigenvalue weighted by Gasteiger charge is 2.20. The highest BCUT2D eigenvalue weighted by Crippen LogP contribution is 2.45. The fourth-order valence-electron chi connectivity index (χ4n) is 3.09. The van der Waals surface area contributed by atoms with Crippen molar-refractivity contribution in [2.24, 2.45) is 0 Å². The van der Waals surface area contributed by atoms with Gasteiger partial charge in [0.25, 0.3) is 0 Å². The molecule has 0 fully saturated rings. The van der Waals surface area contributed by atoms with Crippen LogP contribution in [-0.4, -0.2) is 24.0 Å². The third-order valence-electron chi connectivity index (χ3n) is 4.77. The number of anilines is 1. The summed E-state index contributed by atoms with van der Waals surface area (Å²) in [4.78, 5) is 14.6. The predicted molar refractivity (Wildman–Crippen MR) is 106 cm³/mol. The highest BCUT2D eigenvalue weighted by molar-refractivity contribution is 5.89. The van der Waals surface area contributed by atoms with Crippen LogP contribution in [0, 0.1) is 5.82 Å². The Bertz CT molecular complexity index is 761. The molecular weight excluding hydrogens is 343 g/mol. The van der Waals surface area contributed by atoms with E-state index in [0.29, 0.717) is 12.2 Å². The van der Waals surface area contributed by atoms with Crippen molar-refractivity contribution >= 4 is 11.7 Å². The molecule has 0 bridgehead atoms. The largest absolute Gasteiger partial charge is 0.450 e. The van der Waals surface area contributed by atoms with E-state index in [9.17, 15) is 9.18 Å². The van der Waals surface area contributed by atoms with Gasteiger partial charge in [0.1, 0.15) is 5.82 Å². The number of urea groups is 1. The smallest absolute Gasteiger partial charge is 0.321 e. The number of rotatable bonds is 10. The first-order chi connectivity index (χ1) is 13.2. The molecule has 0 radical (unpaired) electrons. The first-order valence-electron chi connectivity index (χ1n) is 9.78. The molecule has 144 valence electrons. The molecule has 0 spiro atoms. The van der Waals surface area contributed by atoms with Gasteiger partial charge in [-0.1, -0.05) is 38.7 Å². The van der Waals surface area contributed by atoms with Gasteiger partial charge in [-0.15, -0.1) is 0 Å². The molecule has 0 saturated carbocycles. The summed E-state index contributed by atoms with van der Waals surface area (Å²) in [5, 5.41) is 2.87. The maximum atomic E-state index is 13.1. The Morgan fingerprint density at radius 1 is 1.00 bits per heavy atom. The number of benzene rings is 2. The lowest BCUT2D eigenvalue weighted by Crippen LogP contribution is -2.37. The number of nitrogens with zero attached hydrogens (tertiary/aromatic N) is 1. The maximum Gasteiger partial charge on any atom is 0.321 e. The number of halogens is 1. The molecule has 1 aliphatic heterocycles. The van der Waals surface area contributed by atoms with Crippen molar-refractivity contribution in [2.75, 3.05) is 18.4 Å². The van der Waals surface area contributed by atoms with Crippen molar-refractivity contribution < 1.29 is 13.9 Å². The van der Waals surface area contributed by atoms with Crippen LogP contribution in [0.5, 0.6) is 11.5 Å². The standard InChI is InChI=1S/C22H27FN2O2/c1-2-3-4-5-6-14-25(15-13-17-7-12-20-21(16-17)27-20)22(26)24-19-10-8-18(23)9-11-19/h7-12,16H,2-6,13-15H2,1H3,(H,24,26). The fraction of sp³-hybridized carbons (Fsp3) is 0.409. The molecule has 0 aromatic heterocycles. The van der Waals surface area contributed by atoms with Crippen LogP contribution in [0.3, 0.4) is 0 Å². The Kier molecular flexibility index (Phi) is 6.69. The van der Waals surface area contributed by atoms with Gasteiger partial charge in [-0.05, 0) is 54.8 Å². The Morgan fingerprint density at radius 3 is 2.52 bits per heavy atom. The van der Waals surface area contributed by atoms with E-state index in [1.807, 2.05) is 23.1 Å². The van der Waals surface area contributed by atoms with E-state index >= 15 is 0 Å². The van der Waals surface area contributed by atoms with Gasteiger partial charge in [0.15, 0.2) is 11.5 Å². The van der Waals surface area contributed by atoms with E-state index in [-0.39, 0.29) is 11.8 Å². The molecule has 0 unspecified atom stereocenters. The molecule has 4 nitrogen and oxygen atoms in total. The summed E-state index contributed by atoms with van der Waals surface area (Å²) < 4.78 is 18.4. The zero-order chi connectivity index (χ0) is 19.1. The average molecular weight is 370 g/mol. The molecule has 27 heavy (non-hydrogen) atoms. The minimum absolute atomic E-state index is 0.139. The lowest BCUT2D eigenvalue weighted by molar-refractivity contribution is 0.211. The van der Waals surface area contributed by atoms with Crippen molar-refractivity contribution in [1.82, 2.24) is 4.90 Å². The number of carbonyl (C=O) groups excluding carboxylic acids is 1. The number of fused-ring (bicyclic) bond motifs is 1. The molecule has 1 N–H and O–H groups in total. The molecule has 0 aliphatic carbocycles. The Morgan fingerprint density at radius 2 is 1.78 bits per heavy atom. The van der Waals surface area contributed by atoms with E-state index in [1.165, 1.54) is 31.4 Å². The lowest BCUT2D eigenvalue weighted by atomic mass is 10.1. The number of nitrogens with one attached hydrogen (secondary N) is 1. The van der Waals surface area contributed by atoms with E-state index < -0.39 is 0 Å². The first-order valence-corrected chi connectivity index (χ1v) is 9.78. The highest BCUT2D eigenvalue weighted by atomic mass is 19.1. The van der Waals surface area contributed by atoms with Gasteiger partial charge in [-0.25, -0.2) is 9.18 Å². The molecule has 0 atom stereocenters. The Balaban J connectivity index is 1.55. The zero-order valence-corrected chi connectivity index (χ0v) is 15.8. The van der Waals surface area contributed by atoms with Crippen LogP contribution in [0.15, 0.2) is 42.5 Å². The third-order valence-corrected chi connectivity index (χ3v) is 4.77. The van der Waals surface area contributed by atoms with Crippen LogP contribution in [0.25, 0.3) is 0 Å². The van der Waals surface area contributed by atoms with Crippen LogP contribution >= 0.6 is 0 Å². The van der Waals surface area contributed by atoms with E-state index in [1.54, 1.807) is 12.1 Å². The number of carbonyl (C=O) groups is 1. The maximum absolute atomic E-state index is 13.1.